The van der Waals surface area contributed by atoms with E-state index in [0.29, 0.717) is 0 Å². The molecular formula is C15H23FN2. The standard InChI is InChI=1S/C15H23FN2/c1-13-5-6-14(12-15(13)16)4-3-7-18-10-8-17(2)9-11-18/h5-6,12H,3-4,7-11H2,1-2H3. The van der Waals surface area contributed by atoms with E-state index in [1.165, 1.54) is 26.2 Å². The second-order valence-electron chi connectivity index (χ2n) is 5.33. The molecule has 0 aliphatic carbocycles. The van der Waals surface area contributed by atoms with Crippen molar-refractivity contribution in [3.05, 3.63) is 35.1 Å². The lowest BCUT2D eigenvalue weighted by Gasteiger charge is -2.32. The molecule has 1 aliphatic heterocycles. The summed E-state index contributed by atoms with van der Waals surface area (Å²) < 4.78 is 13.4. The molecule has 1 saturated heterocycles. The van der Waals surface area contributed by atoms with E-state index in [4.69, 9.17) is 0 Å². The lowest BCUT2D eigenvalue weighted by atomic mass is 10.1. The highest BCUT2D eigenvalue weighted by Gasteiger charge is 2.12. The molecule has 0 aromatic heterocycles. The van der Waals surface area contributed by atoms with Crippen LogP contribution in [0.2, 0.25) is 0 Å². The first-order valence-corrected chi connectivity index (χ1v) is 6.81. The second-order valence-corrected chi connectivity index (χ2v) is 5.33. The summed E-state index contributed by atoms with van der Waals surface area (Å²) in [6.45, 7) is 7.60. The fraction of sp³-hybridized carbons (Fsp3) is 0.600. The maximum atomic E-state index is 13.4. The van der Waals surface area contributed by atoms with E-state index in [1.54, 1.807) is 6.07 Å². The van der Waals surface area contributed by atoms with Gasteiger partial charge in [-0.25, -0.2) is 4.39 Å². The van der Waals surface area contributed by atoms with Crippen LogP contribution in [-0.4, -0.2) is 49.6 Å². The predicted molar refractivity (Wildman–Crippen MR) is 73.4 cm³/mol. The third-order valence-corrected chi connectivity index (χ3v) is 3.77. The summed E-state index contributed by atoms with van der Waals surface area (Å²) >= 11 is 0. The Bertz CT molecular complexity index is 384. The number of halogens is 1. The molecule has 0 radical (unpaired) electrons. The Balaban J connectivity index is 1.73. The average molecular weight is 250 g/mol. The number of nitrogens with zero attached hydrogens (tertiary/aromatic N) is 2. The minimum Gasteiger partial charge on any atom is -0.304 e. The largest absolute Gasteiger partial charge is 0.304 e. The van der Waals surface area contributed by atoms with Crippen molar-refractivity contribution in [2.24, 2.45) is 0 Å². The van der Waals surface area contributed by atoms with Gasteiger partial charge in [-0.1, -0.05) is 12.1 Å². The molecule has 2 rings (SSSR count). The minimum absolute atomic E-state index is 0.0768. The van der Waals surface area contributed by atoms with Crippen LogP contribution in [0.3, 0.4) is 0 Å². The van der Waals surface area contributed by atoms with E-state index < -0.39 is 0 Å². The lowest BCUT2D eigenvalue weighted by Crippen LogP contribution is -2.44. The topological polar surface area (TPSA) is 6.48 Å². The molecule has 100 valence electrons. The highest BCUT2D eigenvalue weighted by Crippen LogP contribution is 2.11. The number of benzene rings is 1. The number of likely N-dealkylation sites (N-methyl/N-ethyl adjacent to an activating group) is 1. The van der Waals surface area contributed by atoms with Crippen LogP contribution < -0.4 is 0 Å². The Labute approximate surface area is 109 Å². The van der Waals surface area contributed by atoms with Crippen molar-refractivity contribution in [1.29, 1.82) is 0 Å². The third-order valence-electron chi connectivity index (χ3n) is 3.77. The maximum Gasteiger partial charge on any atom is 0.126 e. The van der Waals surface area contributed by atoms with Crippen LogP contribution in [0.1, 0.15) is 17.5 Å². The molecule has 1 heterocycles. The first-order valence-electron chi connectivity index (χ1n) is 6.81. The molecule has 0 atom stereocenters. The molecule has 0 amide bonds. The van der Waals surface area contributed by atoms with Gasteiger partial charge in [0.2, 0.25) is 0 Å². The van der Waals surface area contributed by atoms with Gasteiger partial charge in [0.1, 0.15) is 5.82 Å². The van der Waals surface area contributed by atoms with Gasteiger partial charge in [-0.2, -0.15) is 0 Å². The summed E-state index contributed by atoms with van der Waals surface area (Å²) in [5.41, 5.74) is 1.85. The Morgan fingerprint density at radius 1 is 1.17 bits per heavy atom. The van der Waals surface area contributed by atoms with E-state index >= 15 is 0 Å². The highest BCUT2D eigenvalue weighted by atomic mass is 19.1. The van der Waals surface area contributed by atoms with Crippen molar-refractivity contribution in [3.8, 4) is 0 Å². The Hall–Kier alpha value is -0.930. The maximum absolute atomic E-state index is 13.4. The molecule has 0 bridgehead atoms. The number of piperazine rings is 1. The van der Waals surface area contributed by atoms with Crippen LogP contribution in [0.25, 0.3) is 0 Å². The van der Waals surface area contributed by atoms with Crippen molar-refractivity contribution in [2.45, 2.75) is 19.8 Å². The molecule has 18 heavy (non-hydrogen) atoms. The zero-order valence-corrected chi connectivity index (χ0v) is 11.5. The third kappa shape index (κ3) is 3.79. The first kappa shape index (κ1) is 13.5. The normalized spacial score (nSPS) is 18.2. The van der Waals surface area contributed by atoms with Gasteiger partial charge in [0.25, 0.3) is 0 Å². The van der Waals surface area contributed by atoms with E-state index in [0.717, 1.165) is 30.5 Å². The molecule has 0 unspecified atom stereocenters. The summed E-state index contributed by atoms with van der Waals surface area (Å²) in [5.74, 6) is -0.0768. The zero-order valence-electron chi connectivity index (χ0n) is 11.5. The van der Waals surface area contributed by atoms with Crippen LogP contribution in [0.4, 0.5) is 4.39 Å². The molecule has 0 spiro atoms. The summed E-state index contributed by atoms with van der Waals surface area (Å²) in [4.78, 5) is 4.87. The van der Waals surface area contributed by atoms with Gasteiger partial charge < -0.3 is 9.80 Å². The second kappa shape index (κ2) is 6.30. The smallest absolute Gasteiger partial charge is 0.126 e. The molecule has 2 nitrogen and oxygen atoms in total. The molecule has 1 aromatic rings. The average Bonchev–Trinajstić information content (AvgIpc) is 2.36. The lowest BCUT2D eigenvalue weighted by molar-refractivity contribution is 0.153. The monoisotopic (exact) mass is 250 g/mol. The molecule has 1 fully saturated rings. The van der Waals surface area contributed by atoms with Gasteiger partial charge in [0, 0.05) is 26.2 Å². The van der Waals surface area contributed by atoms with Crippen molar-refractivity contribution >= 4 is 0 Å². The van der Waals surface area contributed by atoms with Gasteiger partial charge in [-0.15, -0.1) is 0 Å². The van der Waals surface area contributed by atoms with E-state index in [2.05, 4.69) is 16.8 Å². The van der Waals surface area contributed by atoms with Crippen LogP contribution in [0, 0.1) is 12.7 Å². The SMILES string of the molecule is Cc1ccc(CCCN2CCN(C)CC2)cc1F. The van der Waals surface area contributed by atoms with E-state index in [1.807, 2.05) is 19.1 Å². The fourth-order valence-electron chi connectivity index (χ4n) is 2.37. The summed E-state index contributed by atoms with van der Waals surface area (Å²) in [6.07, 6.45) is 2.09. The summed E-state index contributed by atoms with van der Waals surface area (Å²) in [7, 11) is 2.17. The molecule has 1 aromatic carbocycles. The van der Waals surface area contributed by atoms with Gasteiger partial charge in [-0.3, -0.25) is 0 Å². The molecule has 1 aliphatic rings. The summed E-state index contributed by atoms with van der Waals surface area (Å²) in [6, 6.07) is 5.60. The van der Waals surface area contributed by atoms with Gasteiger partial charge in [-0.05, 0) is 50.6 Å². The summed E-state index contributed by atoms with van der Waals surface area (Å²) in [5, 5.41) is 0. The van der Waals surface area contributed by atoms with Crippen LogP contribution in [0.5, 0.6) is 0 Å². The van der Waals surface area contributed by atoms with Crippen LogP contribution in [-0.2, 0) is 6.42 Å². The number of hydrogen-bond acceptors (Lipinski definition) is 2. The van der Waals surface area contributed by atoms with Crippen molar-refractivity contribution in [3.63, 3.8) is 0 Å². The molecule has 0 saturated carbocycles. The quantitative estimate of drug-likeness (QED) is 0.809. The van der Waals surface area contributed by atoms with Crippen LogP contribution in [0.15, 0.2) is 18.2 Å². The van der Waals surface area contributed by atoms with Crippen LogP contribution >= 0.6 is 0 Å². The predicted octanol–water partition coefficient (Wildman–Crippen LogP) is 2.31. The first-order chi connectivity index (χ1) is 8.65. The minimum atomic E-state index is -0.0768. The molecular weight excluding hydrogens is 227 g/mol. The highest BCUT2D eigenvalue weighted by molar-refractivity contribution is 5.23. The zero-order chi connectivity index (χ0) is 13.0. The van der Waals surface area contributed by atoms with Crippen molar-refractivity contribution < 1.29 is 4.39 Å². The van der Waals surface area contributed by atoms with Gasteiger partial charge in [0.05, 0.1) is 0 Å². The number of aryl methyl sites for hydroxylation is 2. The molecule has 0 N–H and O–H groups in total. The number of hydrogen-bond donors (Lipinski definition) is 0. The van der Waals surface area contributed by atoms with Gasteiger partial charge in [0.15, 0.2) is 0 Å². The Morgan fingerprint density at radius 2 is 1.89 bits per heavy atom. The Morgan fingerprint density at radius 3 is 2.56 bits per heavy atom. The fourth-order valence-corrected chi connectivity index (χ4v) is 2.37. The van der Waals surface area contributed by atoms with E-state index in [9.17, 15) is 4.39 Å². The molecule has 3 heteroatoms. The van der Waals surface area contributed by atoms with E-state index in [-0.39, 0.29) is 5.82 Å². The number of rotatable bonds is 4. The van der Waals surface area contributed by atoms with Gasteiger partial charge >= 0.3 is 0 Å². The Kier molecular flexibility index (Phi) is 4.72. The van der Waals surface area contributed by atoms with Crippen molar-refractivity contribution in [1.82, 2.24) is 9.80 Å². The van der Waals surface area contributed by atoms with Crippen molar-refractivity contribution in [2.75, 3.05) is 39.8 Å².